The Bertz CT molecular complexity index is 1090. The Balaban J connectivity index is 1.58. The second-order valence-electron chi connectivity index (χ2n) is 7.50. The van der Waals surface area contributed by atoms with Crippen molar-refractivity contribution in [3.8, 4) is 0 Å². The van der Waals surface area contributed by atoms with Crippen LogP contribution in [0.25, 0.3) is 0 Å². The second kappa shape index (κ2) is 10.9. The fraction of sp³-hybridized carbons (Fsp3) is 0.333. The molecular weight excluding hydrogens is 422 g/mol. The van der Waals surface area contributed by atoms with Crippen molar-refractivity contribution in [2.75, 3.05) is 16.4 Å². The third-order valence-electron chi connectivity index (χ3n) is 5.29. The molecule has 2 N–H and O–H groups in total. The van der Waals surface area contributed by atoms with E-state index in [4.69, 9.17) is 0 Å². The van der Waals surface area contributed by atoms with Crippen LogP contribution in [-0.4, -0.2) is 32.3 Å². The van der Waals surface area contributed by atoms with E-state index < -0.39 is 0 Å². The first-order chi connectivity index (χ1) is 15.4. The van der Waals surface area contributed by atoms with Crippen molar-refractivity contribution in [1.29, 1.82) is 0 Å². The maximum absolute atomic E-state index is 12.6. The highest BCUT2D eigenvalue weighted by Gasteiger charge is 2.16. The van der Waals surface area contributed by atoms with Crippen LogP contribution in [-0.2, 0) is 29.0 Å². The summed E-state index contributed by atoms with van der Waals surface area (Å²) in [5.74, 6) is 0.528. The largest absolute Gasteiger partial charge is 0.325 e. The molecule has 0 fully saturated rings. The molecule has 0 atom stereocenters. The lowest BCUT2D eigenvalue weighted by Crippen LogP contribution is -2.18. The first-order valence-electron chi connectivity index (χ1n) is 10.7. The fourth-order valence-corrected chi connectivity index (χ4v) is 4.07. The van der Waals surface area contributed by atoms with Gasteiger partial charge < -0.3 is 15.2 Å². The monoisotopic (exact) mass is 451 g/mol. The standard InChI is InChI=1S/C24H29N5O2S/c1-5-18-10-12-19(13-11-18)25-23(31)15-32-24-28-27-21(29(24)6-2)14-22(30)26-20-9-7-8-16(3)17(20)4/h7-13H,5-6,14-15H2,1-4H3,(H,25,31)(H,26,30). The summed E-state index contributed by atoms with van der Waals surface area (Å²) < 4.78 is 1.87. The summed E-state index contributed by atoms with van der Waals surface area (Å²) in [6.45, 7) is 8.67. The molecule has 7 nitrogen and oxygen atoms in total. The predicted octanol–water partition coefficient (Wildman–Crippen LogP) is 4.39. The van der Waals surface area contributed by atoms with E-state index in [0.717, 1.165) is 28.9 Å². The van der Waals surface area contributed by atoms with Gasteiger partial charge in [0.1, 0.15) is 5.82 Å². The van der Waals surface area contributed by atoms with Crippen LogP contribution in [0.1, 0.15) is 36.4 Å². The van der Waals surface area contributed by atoms with Crippen LogP contribution >= 0.6 is 11.8 Å². The number of hydrogen-bond donors (Lipinski definition) is 2. The molecule has 2 amide bonds. The summed E-state index contributed by atoms with van der Waals surface area (Å²) in [7, 11) is 0. The SMILES string of the molecule is CCc1ccc(NC(=O)CSc2nnc(CC(=O)Nc3cccc(C)c3C)n2CC)cc1. The van der Waals surface area contributed by atoms with E-state index >= 15 is 0 Å². The number of thioether (sulfide) groups is 1. The lowest BCUT2D eigenvalue weighted by atomic mass is 10.1. The highest BCUT2D eigenvalue weighted by Crippen LogP contribution is 2.20. The number of nitrogens with zero attached hydrogens (tertiary/aromatic N) is 3. The molecule has 2 aromatic carbocycles. The van der Waals surface area contributed by atoms with E-state index in [1.54, 1.807) is 0 Å². The van der Waals surface area contributed by atoms with Crippen LogP contribution in [0.3, 0.4) is 0 Å². The number of benzene rings is 2. The quantitative estimate of drug-likeness (QED) is 0.471. The molecule has 168 valence electrons. The molecule has 0 spiro atoms. The molecule has 0 unspecified atom stereocenters. The van der Waals surface area contributed by atoms with E-state index in [1.165, 1.54) is 17.3 Å². The molecule has 0 saturated heterocycles. The minimum absolute atomic E-state index is 0.112. The number of amides is 2. The van der Waals surface area contributed by atoms with Gasteiger partial charge in [-0.1, -0.05) is 43.0 Å². The number of aryl methyl sites for hydroxylation is 2. The summed E-state index contributed by atoms with van der Waals surface area (Å²) in [5.41, 5.74) is 4.97. The third kappa shape index (κ3) is 5.97. The van der Waals surface area contributed by atoms with Crippen molar-refractivity contribution in [2.45, 2.75) is 52.2 Å². The molecule has 0 aliphatic carbocycles. The van der Waals surface area contributed by atoms with Crippen LogP contribution in [0.15, 0.2) is 47.6 Å². The van der Waals surface area contributed by atoms with Gasteiger partial charge in [-0.05, 0) is 62.1 Å². The number of aromatic nitrogens is 3. The van der Waals surface area contributed by atoms with E-state index in [9.17, 15) is 9.59 Å². The van der Waals surface area contributed by atoms with Crippen LogP contribution in [0.2, 0.25) is 0 Å². The van der Waals surface area contributed by atoms with Gasteiger partial charge in [-0.2, -0.15) is 0 Å². The van der Waals surface area contributed by atoms with Gasteiger partial charge in [0.2, 0.25) is 11.8 Å². The summed E-state index contributed by atoms with van der Waals surface area (Å²) in [5, 5.41) is 14.9. The van der Waals surface area contributed by atoms with Crippen LogP contribution in [0, 0.1) is 13.8 Å². The summed E-state index contributed by atoms with van der Waals surface area (Å²) in [6.07, 6.45) is 1.08. The molecule has 0 bridgehead atoms. The maximum Gasteiger partial charge on any atom is 0.234 e. The van der Waals surface area contributed by atoms with E-state index in [-0.39, 0.29) is 24.0 Å². The first kappa shape index (κ1) is 23.5. The highest BCUT2D eigenvalue weighted by atomic mass is 32.2. The zero-order chi connectivity index (χ0) is 23.1. The zero-order valence-corrected chi connectivity index (χ0v) is 19.8. The van der Waals surface area contributed by atoms with Crippen molar-refractivity contribution >= 4 is 35.0 Å². The van der Waals surface area contributed by atoms with Crippen molar-refractivity contribution in [3.05, 3.63) is 65.0 Å². The van der Waals surface area contributed by atoms with E-state index in [0.29, 0.717) is 17.5 Å². The van der Waals surface area contributed by atoms with Crippen molar-refractivity contribution in [2.24, 2.45) is 0 Å². The smallest absolute Gasteiger partial charge is 0.234 e. The number of hydrogen-bond acceptors (Lipinski definition) is 5. The lowest BCUT2D eigenvalue weighted by Gasteiger charge is -2.11. The maximum atomic E-state index is 12.6. The molecule has 3 rings (SSSR count). The molecule has 0 saturated carbocycles. The molecule has 3 aromatic rings. The van der Waals surface area contributed by atoms with Gasteiger partial charge in [-0.25, -0.2) is 0 Å². The molecule has 1 heterocycles. The molecule has 0 aliphatic heterocycles. The summed E-state index contributed by atoms with van der Waals surface area (Å²) in [6, 6.07) is 13.6. The number of nitrogens with one attached hydrogen (secondary N) is 2. The van der Waals surface area contributed by atoms with Gasteiger partial charge in [-0.15, -0.1) is 10.2 Å². The van der Waals surface area contributed by atoms with Crippen molar-refractivity contribution < 1.29 is 9.59 Å². The average molecular weight is 452 g/mol. The third-order valence-corrected chi connectivity index (χ3v) is 6.25. The Labute approximate surface area is 193 Å². The van der Waals surface area contributed by atoms with E-state index in [1.807, 2.05) is 67.8 Å². The lowest BCUT2D eigenvalue weighted by molar-refractivity contribution is -0.116. The average Bonchev–Trinajstić information content (AvgIpc) is 3.17. The number of carbonyl (C=O) groups excluding carboxylic acids is 2. The number of carbonyl (C=O) groups is 2. The van der Waals surface area contributed by atoms with Gasteiger partial charge in [0.25, 0.3) is 0 Å². The van der Waals surface area contributed by atoms with Crippen LogP contribution < -0.4 is 10.6 Å². The Morgan fingerprint density at radius 3 is 2.41 bits per heavy atom. The highest BCUT2D eigenvalue weighted by molar-refractivity contribution is 7.99. The normalized spacial score (nSPS) is 10.8. The molecule has 32 heavy (non-hydrogen) atoms. The summed E-state index contributed by atoms with van der Waals surface area (Å²) in [4.78, 5) is 24.9. The minimum atomic E-state index is -0.148. The predicted molar refractivity (Wildman–Crippen MR) is 129 cm³/mol. The summed E-state index contributed by atoms with van der Waals surface area (Å²) >= 11 is 1.31. The van der Waals surface area contributed by atoms with Gasteiger partial charge in [-0.3, -0.25) is 9.59 Å². The van der Waals surface area contributed by atoms with Gasteiger partial charge >= 0.3 is 0 Å². The number of anilines is 2. The molecule has 8 heteroatoms. The van der Waals surface area contributed by atoms with Crippen molar-refractivity contribution in [3.63, 3.8) is 0 Å². The van der Waals surface area contributed by atoms with E-state index in [2.05, 4.69) is 27.8 Å². The second-order valence-corrected chi connectivity index (χ2v) is 8.45. The number of rotatable bonds is 9. The van der Waals surface area contributed by atoms with Gasteiger partial charge in [0.15, 0.2) is 5.16 Å². The molecule has 1 aromatic heterocycles. The Kier molecular flexibility index (Phi) is 8.05. The minimum Gasteiger partial charge on any atom is -0.325 e. The van der Waals surface area contributed by atoms with Crippen LogP contribution in [0.4, 0.5) is 11.4 Å². The fourth-order valence-electron chi connectivity index (χ4n) is 3.25. The van der Waals surface area contributed by atoms with Crippen molar-refractivity contribution in [1.82, 2.24) is 14.8 Å². The zero-order valence-electron chi connectivity index (χ0n) is 18.9. The molecule has 0 aliphatic rings. The topological polar surface area (TPSA) is 88.9 Å². The van der Waals surface area contributed by atoms with Gasteiger partial charge in [0.05, 0.1) is 12.2 Å². The van der Waals surface area contributed by atoms with Crippen LogP contribution in [0.5, 0.6) is 0 Å². The molecule has 0 radical (unpaired) electrons. The Hall–Kier alpha value is -3.13. The Morgan fingerprint density at radius 1 is 0.969 bits per heavy atom. The molecular formula is C24H29N5O2S. The first-order valence-corrected chi connectivity index (χ1v) is 11.7. The van der Waals surface area contributed by atoms with Gasteiger partial charge in [0, 0.05) is 17.9 Å². The Morgan fingerprint density at radius 2 is 1.72 bits per heavy atom.